The Morgan fingerprint density at radius 1 is 1.04 bits per heavy atom. The van der Waals surface area contributed by atoms with Crippen molar-refractivity contribution >= 4 is 11.6 Å². The quantitative estimate of drug-likeness (QED) is 0.766. The van der Waals surface area contributed by atoms with E-state index in [0.29, 0.717) is 24.9 Å². The van der Waals surface area contributed by atoms with Crippen LogP contribution in [-0.4, -0.2) is 43.6 Å². The molecule has 0 radical (unpaired) electrons. The van der Waals surface area contributed by atoms with E-state index >= 15 is 0 Å². The number of fused-ring (bicyclic) bond motifs is 2. The van der Waals surface area contributed by atoms with Crippen LogP contribution in [0, 0.1) is 0 Å². The first kappa shape index (κ1) is 17.6. The molecule has 1 fully saturated rings. The lowest BCUT2D eigenvalue weighted by Gasteiger charge is -2.38. The normalized spacial score (nSPS) is 20.6. The Morgan fingerprint density at radius 2 is 1.89 bits per heavy atom. The smallest absolute Gasteiger partial charge is 0.222 e. The number of piperazine rings is 1. The molecule has 0 saturated carbocycles. The van der Waals surface area contributed by atoms with Gasteiger partial charge in [0.1, 0.15) is 0 Å². The number of benzene rings is 2. The van der Waals surface area contributed by atoms with Gasteiger partial charge in [-0.2, -0.15) is 4.89 Å². The fraction of sp³-hybridized carbons (Fsp3) is 0.435. The van der Waals surface area contributed by atoms with Crippen LogP contribution in [-0.2, 0) is 22.5 Å². The summed E-state index contributed by atoms with van der Waals surface area (Å²) in [5.74, 6) is 1.69. The SMILES string of the molecule is O=C(CCC1Cc2ccccc21)N1CCN(c2cccc3c2CCOO3)CC1. The molecule has 3 aliphatic rings. The molecule has 0 spiro atoms. The summed E-state index contributed by atoms with van der Waals surface area (Å²) in [5, 5.41) is 0. The molecular weight excluding hydrogens is 352 g/mol. The standard InChI is InChI=1S/C23H26N2O3/c26-23(9-8-18-16-17-4-1-2-5-19(17)18)25-13-11-24(12-14-25)21-6-3-7-22-20(21)10-15-27-28-22/h1-7,18H,8-16H2. The number of anilines is 1. The van der Waals surface area contributed by atoms with Gasteiger partial charge in [-0.15, -0.1) is 0 Å². The first-order valence-corrected chi connectivity index (χ1v) is 10.3. The third-order valence-electron chi connectivity index (χ3n) is 6.33. The Hall–Kier alpha value is -2.53. The number of hydrogen-bond acceptors (Lipinski definition) is 4. The minimum Gasteiger partial charge on any atom is -0.368 e. The van der Waals surface area contributed by atoms with Crippen molar-refractivity contribution in [2.45, 2.75) is 31.6 Å². The average molecular weight is 378 g/mol. The van der Waals surface area contributed by atoms with E-state index in [9.17, 15) is 4.79 Å². The summed E-state index contributed by atoms with van der Waals surface area (Å²) in [4.78, 5) is 27.5. The molecule has 0 N–H and O–H groups in total. The van der Waals surface area contributed by atoms with Crippen molar-refractivity contribution < 1.29 is 14.6 Å². The van der Waals surface area contributed by atoms with E-state index in [-0.39, 0.29) is 0 Å². The second-order valence-electron chi connectivity index (χ2n) is 7.92. The summed E-state index contributed by atoms with van der Waals surface area (Å²) in [6, 6.07) is 14.7. The molecule has 1 saturated heterocycles. The zero-order valence-electron chi connectivity index (χ0n) is 16.1. The van der Waals surface area contributed by atoms with E-state index in [4.69, 9.17) is 9.78 Å². The molecule has 2 aromatic carbocycles. The monoisotopic (exact) mass is 378 g/mol. The maximum absolute atomic E-state index is 12.7. The molecule has 1 atom stereocenters. The summed E-state index contributed by atoms with van der Waals surface area (Å²) >= 11 is 0. The van der Waals surface area contributed by atoms with Crippen molar-refractivity contribution in [3.63, 3.8) is 0 Å². The third kappa shape index (κ3) is 3.24. The number of nitrogens with zero attached hydrogens (tertiary/aromatic N) is 2. The lowest BCUT2D eigenvalue weighted by atomic mass is 9.75. The first-order chi connectivity index (χ1) is 13.8. The minimum atomic E-state index is 0.302. The molecule has 1 aliphatic carbocycles. The maximum Gasteiger partial charge on any atom is 0.222 e. The van der Waals surface area contributed by atoms with Crippen LogP contribution >= 0.6 is 0 Å². The highest BCUT2D eigenvalue weighted by atomic mass is 17.2. The molecule has 2 aliphatic heterocycles. The molecule has 5 heteroatoms. The van der Waals surface area contributed by atoms with Crippen molar-refractivity contribution in [2.24, 2.45) is 0 Å². The average Bonchev–Trinajstić information content (AvgIpc) is 2.74. The van der Waals surface area contributed by atoms with Crippen LogP contribution in [0.5, 0.6) is 5.75 Å². The predicted molar refractivity (Wildman–Crippen MR) is 108 cm³/mol. The number of rotatable bonds is 4. The van der Waals surface area contributed by atoms with Gasteiger partial charge in [-0.25, -0.2) is 0 Å². The van der Waals surface area contributed by atoms with Gasteiger partial charge in [-0.05, 0) is 42.0 Å². The number of amides is 1. The minimum absolute atomic E-state index is 0.302. The molecule has 5 rings (SSSR count). The molecular formula is C23H26N2O3. The Balaban J connectivity index is 1.15. The van der Waals surface area contributed by atoms with Gasteiger partial charge in [0.05, 0.1) is 6.61 Å². The van der Waals surface area contributed by atoms with Crippen molar-refractivity contribution in [1.29, 1.82) is 0 Å². The summed E-state index contributed by atoms with van der Waals surface area (Å²) in [5.41, 5.74) is 5.34. The molecule has 2 heterocycles. The first-order valence-electron chi connectivity index (χ1n) is 10.3. The van der Waals surface area contributed by atoms with Gasteiger partial charge in [0.2, 0.25) is 5.91 Å². The molecule has 1 amide bonds. The third-order valence-corrected chi connectivity index (χ3v) is 6.33. The van der Waals surface area contributed by atoms with Crippen molar-refractivity contribution in [3.05, 3.63) is 59.2 Å². The summed E-state index contributed by atoms with van der Waals surface area (Å²) in [6.07, 6.45) is 3.63. The maximum atomic E-state index is 12.7. The zero-order valence-corrected chi connectivity index (χ0v) is 16.1. The van der Waals surface area contributed by atoms with Crippen molar-refractivity contribution in [3.8, 4) is 5.75 Å². The fourth-order valence-electron chi connectivity index (χ4n) is 4.70. The van der Waals surface area contributed by atoms with E-state index in [1.807, 2.05) is 17.0 Å². The molecule has 28 heavy (non-hydrogen) atoms. The highest BCUT2D eigenvalue weighted by Gasteiger charge is 2.28. The van der Waals surface area contributed by atoms with Gasteiger partial charge < -0.3 is 14.7 Å². The Bertz CT molecular complexity index is 874. The van der Waals surface area contributed by atoms with Gasteiger partial charge in [0.15, 0.2) is 5.75 Å². The van der Waals surface area contributed by atoms with E-state index in [0.717, 1.165) is 51.2 Å². The lowest BCUT2D eigenvalue weighted by Crippen LogP contribution is -2.49. The van der Waals surface area contributed by atoms with Crippen LogP contribution in [0.1, 0.15) is 35.4 Å². The summed E-state index contributed by atoms with van der Waals surface area (Å²) in [6.45, 7) is 3.92. The summed E-state index contributed by atoms with van der Waals surface area (Å²) in [7, 11) is 0. The van der Waals surface area contributed by atoms with Gasteiger partial charge in [0, 0.05) is 50.3 Å². The zero-order chi connectivity index (χ0) is 18.9. The van der Waals surface area contributed by atoms with E-state index in [1.165, 1.54) is 22.4 Å². The van der Waals surface area contributed by atoms with Gasteiger partial charge in [-0.3, -0.25) is 4.79 Å². The lowest BCUT2D eigenvalue weighted by molar-refractivity contribution is -0.215. The number of hydrogen-bond donors (Lipinski definition) is 0. The van der Waals surface area contributed by atoms with Gasteiger partial charge >= 0.3 is 0 Å². The molecule has 146 valence electrons. The van der Waals surface area contributed by atoms with Gasteiger partial charge in [-0.1, -0.05) is 30.3 Å². The van der Waals surface area contributed by atoms with Gasteiger partial charge in [0.25, 0.3) is 0 Å². The molecule has 0 aromatic heterocycles. The summed E-state index contributed by atoms with van der Waals surface area (Å²) < 4.78 is 0. The van der Waals surface area contributed by atoms with Crippen LogP contribution in [0.4, 0.5) is 5.69 Å². The highest BCUT2D eigenvalue weighted by molar-refractivity contribution is 5.76. The van der Waals surface area contributed by atoms with E-state index in [2.05, 4.69) is 35.2 Å². The van der Waals surface area contributed by atoms with Crippen molar-refractivity contribution in [2.75, 3.05) is 37.7 Å². The highest BCUT2D eigenvalue weighted by Crippen LogP contribution is 2.38. The Morgan fingerprint density at radius 3 is 2.75 bits per heavy atom. The number of carbonyl (C=O) groups excluding carboxylic acids is 1. The van der Waals surface area contributed by atoms with Crippen LogP contribution in [0.15, 0.2) is 42.5 Å². The van der Waals surface area contributed by atoms with Crippen LogP contribution in [0.25, 0.3) is 0 Å². The molecule has 5 nitrogen and oxygen atoms in total. The Kier molecular flexibility index (Phi) is 4.69. The molecule has 2 aromatic rings. The second-order valence-corrected chi connectivity index (χ2v) is 7.92. The Labute approximate surface area is 165 Å². The van der Waals surface area contributed by atoms with Crippen molar-refractivity contribution in [1.82, 2.24) is 4.90 Å². The largest absolute Gasteiger partial charge is 0.368 e. The van der Waals surface area contributed by atoms with Crippen LogP contribution in [0.2, 0.25) is 0 Å². The molecule has 1 unspecified atom stereocenters. The molecule has 0 bridgehead atoms. The topological polar surface area (TPSA) is 42.0 Å². The second kappa shape index (κ2) is 7.47. The van der Waals surface area contributed by atoms with E-state index < -0.39 is 0 Å². The van der Waals surface area contributed by atoms with Crippen LogP contribution in [0.3, 0.4) is 0 Å². The van der Waals surface area contributed by atoms with Crippen LogP contribution < -0.4 is 9.79 Å². The fourth-order valence-corrected chi connectivity index (χ4v) is 4.70. The predicted octanol–water partition coefficient (Wildman–Crippen LogP) is 3.32. The van der Waals surface area contributed by atoms with E-state index in [1.54, 1.807) is 0 Å². The number of carbonyl (C=O) groups is 1.